The topological polar surface area (TPSA) is 77.3 Å². The quantitative estimate of drug-likeness (QED) is 0.596. The van der Waals surface area contributed by atoms with Crippen LogP contribution in [0.5, 0.6) is 0 Å². The van der Waals surface area contributed by atoms with Gasteiger partial charge in [0.05, 0.1) is 13.1 Å². The van der Waals surface area contributed by atoms with Crippen molar-refractivity contribution in [3.05, 3.63) is 35.9 Å². The third kappa shape index (κ3) is 5.53. The van der Waals surface area contributed by atoms with Crippen molar-refractivity contribution < 1.29 is 29.1 Å². The molecule has 0 aliphatic heterocycles. The summed E-state index contributed by atoms with van der Waals surface area (Å²) < 4.78 is 10.3. The van der Waals surface area contributed by atoms with Crippen molar-refractivity contribution in [1.82, 2.24) is 0 Å². The maximum absolute atomic E-state index is 12.7. The number of benzene rings is 1. The smallest absolute Gasteiger partial charge is 0.344 e. The Morgan fingerprint density at radius 1 is 1.11 bits per heavy atom. The molecule has 1 fully saturated rings. The number of rotatable bonds is 10. The molecule has 1 saturated carbocycles. The van der Waals surface area contributed by atoms with Crippen molar-refractivity contribution in [2.24, 2.45) is 5.92 Å². The molecule has 0 amide bonds. The molecule has 2 N–H and O–H groups in total. The Bertz CT molecular complexity index is 596. The number of ether oxygens (including phenoxy) is 2. The lowest BCUT2D eigenvalue weighted by molar-refractivity contribution is -0.896. The normalized spacial score (nSPS) is 16.9. The molecule has 0 radical (unpaired) electrons. The van der Waals surface area contributed by atoms with Gasteiger partial charge in [-0.05, 0) is 32.3 Å². The summed E-state index contributed by atoms with van der Waals surface area (Å²) in [7, 11) is 0. The van der Waals surface area contributed by atoms with Crippen LogP contribution in [0, 0.1) is 5.92 Å². The van der Waals surface area contributed by atoms with Crippen molar-refractivity contribution >= 4 is 11.9 Å². The Balaban J connectivity index is 1.93. The third-order valence-electron chi connectivity index (χ3n) is 5.51. The highest BCUT2D eigenvalue weighted by atomic mass is 16.6. The molecule has 1 atom stereocenters. The summed E-state index contributed by atoms with van der Waals surface area (Å²) in [4.78, 5) is 26.0. The Labute approximate surface area is 161 Å². The monoisotopic (exact) mass is 378 g/mol. The Morgan fingerprint density at radius 3 is 2.33 bits per heavy atom. The molecule has 1 aliphatic carbocycles. The summed E-state index contributed by atoms with van der Waals surface area (Å²) >= 11 is 0. The van der Waals surface area contributed by atoms with Crippen LogP contribution < -0.4 is 4.90 Å². The molecule has 2 rings (SSSR count). The van der Waals surface area contributed by atoms with Gasteiger partial charge in [-0.25, -0.2) is 9.59 Å². The lowest BCUT2D eigenvalue weighted by Crippen LogP contribution is -3.11. The van der Waals surface area contributed by atoms with E-state index in [4.69, 9.17) is 9.47 Å². The number of hydrogen-bond donors (Lipinski definition) is 2. The van der Waals surface area contributed by atoms with Crippen LogP contribution in [0.1, 0.15) is 45.1 Å². The van der Waals surface area contributed by atoms with Crippen LogP contribution in [-0.4, -0.2) is 49.9 Å². The van der Waals surface area contributed by atoms with Gasteiger partial charge >= 0.3 is 11.9 Å². The lowest BCUT2D eigenvalue weighted by atomic mass is 9.80. The molecular weight excluding hydrogens is 346 g/mol. The number of carbonyl (C=O) groups excluding carboxylic acids is 2. The van der Waals surface area contributed by atoms with Crippen LogP contribution in [-0.2, 0) is 24.7 Å². The highest BCUT2D eigenvalue weighted by Crippen LogP contribution is 2.41. The van der Waals surface area contributed by atoms with Gasteiger partial charge < -0.3 is 19.5 Å². The number of esters is 2. The number of carbonyl (C=O) groups is 2. The number of likely N-dealkylation sites (N-methyl/N-ethyl adjacent to an activating group) is 1. The Morgan fingerprint density at radius 2 is 1.74 bits per heavy atom. The minimum absolute atomic E-state index is 0.199. The van der Waals surface area contributed by atoms with Gasteiger partial charge in [0.2, 0.25) is 0 Å². The van der Waals surface area contributed by atoms with Crippen molar-refractivity contribution in [2.75, 3.05) is 32.8 Å². The first-order chi connectivity index (χ1) is 13.0. The van der Waals surface area contributed by atoms with Gasteiger partial charge in [0.15, 0.2) is 12.2 Å². The van der Waals surface area contributed by atoms with E-state index in [1.54, 1.807) is 24.3 Å². The molecule has 150 valence electrons. The molecule has 0 spiro atoms. The minimum atomic E-state index is -1.72. The fourth-order valence-electron chi connectivity index (χ4n) is 3.74. The van der Waals surface area contributed by atoms with E-state index in [0.717, 1.165) is 45.3 Å². The van der Waals surface area contributed by atoms with Crippen molar-refractivity contribution in [3.8, 4) is 0 Å². The number of aliphatic hydroxyl groups is 1. The molecule has 1 aromatic rings. The van der Waals surface area contributed by atoms with E-state index in [0.29, 0.717) is 12.2 Å². The van der Waals surface area contributed by atoms with E-state index in [-0.39, 0.29) is 5.92 Å². The van der Waals surface area contributed by atoms with Crippen LogP contribution in [0.25, 0.3) is 0 Å². The van der Waals surface area contributed by atoms with E-state index in [1.165, 1.54) is 4.90 Å². The predicted octanol–water partition coefficient (Wildman–Crippen LogP) is 1.08. The standard InChI is InChI=1S/C21H31NO5/c1-3-22(4-2)14-15-26-19(23)16-27-20(24)21(25,18-12-8-9-13-18)17-10-6-5-7-11-17/h5-7,10-11,18,25H,3-4,8-9,12-16H2,1-2H3/p+1. The minimum Gasteiger partial charge on any atom is -0.457 e. The summed E-state index contributed by atoms with van der Waals surface area (Å²) in [6.07, 6.45) is 3.47. The molecule has 6 nitrogen and oxygen atoms in total. The van der Waals surface area contributed by atoms with Gasteiger partial charge in [-0.2, -0.15) is 0 Å². The number of hydrogen-bond acceptors (Lipinski definition) is 5. The second-order valence-corrected chi connectivity index (χ2v) is 7.12. The maximum Gasteiger partial charge on any atom is 0.344 e. The fraction of sp³-hybridized carbons (Fsp3) is 0.619. The summed E-state index contributed by atoms with van der Waals surface area (Å²) in [6, 6.07) is 8.85. The molecular formula is C21H32NO5+. The molecule has 0 heterocycles. The van der Waals surface area contributed by atoms with E-state index in [2.05, 4.69) is 13.8 Å². The molecule has 1 aliphatic rings. The first kappa shape index (κ1) is 21.4. The van der Waals surface area contributed by atoms with Gasteiger partial charge in [0, 0.05) is 5.92 Å². The highest BCUT2D eigenvalue weighted by Gasteiger charge is 2.48. The average molecular weight is 378 g/mol. The number of nitrogens with one attached hydrogen (secondary N) is 1. The first-order valence-electron chi connectivity index (χ1n) is 9.96. The van der Waals surface area contributed by atoms with Crippen molar-refractivity contribution in [3.63, 3.8) is 0 Å². The zero-order chi connectivity index (χ0) is 19.7. The van der Waals surface area contributed by atoms with Crippen LogP contribution in [0.15, 0.2) is 30.3 Å². The summed E-state index contributed by atoms with van der Waals surface area (Å²) in [5.74, 6) is -1.56. The summed E-state index contributed by atoms with van der Waals surface area (Å²) in [6.45, 7) is 6.63. The van der Waals surface area contributed by atoms with Gasteiger partial charge in [0.1, 0.15) is 13.2 Å². The van der Waals surface area contributed by atoms with Crippen LogP contribution in [0.2, 0.25) is 0 Å². The fourth-order valence-corrected chi connectivity index (χ4v) is 3.74. The third-order valence-corrected chi connectivity index (χ3v) is 5.51. The van der Waals surface area contributed by atoms with Gasteiger partial charge in [-0.15, -0.1) is 0 Å². The van der Waals surface area contributed by atoms with Gasteiger partial charge in [-0.3, -0.25) is 0 Å². The average Bonchev–Trinajstić information content (AvgIpc) is 3.24. The van der Waals surface area contributed by atoms with Crippen molar-refractivity contribution in [1.29, 1.82) is 0 Å². The predicted molar refractivity (Wildman–Crippen MR) is 101 cm³/mol. The summed E-state index contributed by atoms with van der Waals surface area (Å²) in [5.41, 5.74) is -1.20. The summed E-state index contributed by atoms with van der Waals surface area (Å²) in [5, 5.41) is 11.2. The zero-order valence-corrected chi connectivity index (χ0v) is 16.4. The molecule has 0 saturated heterocycles. The largest absolute Gasteiger partial charge is 0.457 e. The SMILES string of the molecule is CC[NH+](CC)CCOC(=O)COC(=O)C(O)(c1ccccc1)C1CCCC1. The van der Waals surface area contributed by atoms with Crippen LogP contribution in [0.3, 0.4) is 0 Å². The second-order valence-electron chi connectivity index (χ2n) is 7.12. The maximum atomic E-state index is 12.7. The van der Waals surface area contributed by atoms with E-state index in [1.807, 2.05) is 6.07 Å². The van der Waals surface area contributed by atoms with E-state index < -0.39 is 24.1 Å². The molecule has 0 aromatic heterocycles. The van der Waals surface area contributed by atoms with E-state index in [9.17, 15) is 14.7 Å². The molecule has 6 heteroatoms. The highest BCUT2D eigenvalue weighted by molar-refractivity contribution is 5.84. The Hall–Kier alpha value is -1.92. The van der Waals surface area contributed by atoms with Crippen LogP contribution >= 0.6 is 0 Å². The molecule has 1 unspecified atom stereocenters. The van der Waals surface area contributed by atoms with Crippen LogP contribution in [0.4, 0.5) is 0 Å². The van der Waals surface area contributed by atoms with Crippen molar-refractivity contribution in [2.45, 2.75) is 45.1 Å². The van der Waals surface area contributed by atoms with E-state index >= 15 is 0 Å². The lowest BCUT2D eigenvalue weighted by Gasteiger charge is -2.32. The van der Waals surface area contributed by atoms with Gasteiger partial charge in [-0.1, -0.05) is 43.2 Å². The number of quaternary nitrogens is 1. The first-order valence-corrected chi connectivity index (χ1v) is 9.96. The Kier molecular flexibility index (Phi) is 8.25. The van der Waals surface area contributed by atoms with Gasteiger partial charge in [0.25, 0.3) is 0 Å². The molecule has 0 bridgehead atoms. The molecule has 27 heavy (non-hydrogen) atoms. The second kappa shape index (κ2) is 10.4. The molecule has 1 aromatic carbocycles. The zero-order valence-electron chi connectivity index (χ0n) is 16.4.